The number of benzene rings is 1. The van der Waals surface area contributed by atoms with Gasteiger partial charge < -0.3 is 5.32 Å². The molecular formula is C22H33N3O4S. The molecule has 0 aliphatic heterocycles. The minimum atomic E-state index is -3.63. The molecule has 1 aromatic carbocycles. The average Bonchev–Trinajstić information content (AvgIpc) is 2.96. The molecule has 1 fully saturated rings. The highest BCUT2D eigenvalue weighted by atomic mass is 32.2. The van der Waals surface area contributed by atoms with Gasteiger partial charge in [0.05, 0.1) is 26.9 Å². The third-order valence-electron chi connectivity index (χ3n) is 5.92. The molecule has 1 N–H and O–H groups in total. The van der Waals surface area contributed by atoms with Crippen molar-refractivity contribution >= 4 is 32.5 Å². The summed E-state index contributed by atoms with van der Waals surface area (Å²) >= 11 is 0. The summed E-state index contributed by atoms with van der Waals surface area (Å²) in [5.74, 6) is -0.0631. The van der Waals surface area contributed by atoms with E-state index < -0.39 is 15.1 Å². The van der Waals surface area contributed by atoms with Crippen molar-refractivity contribution in [3.8, 4) is 0 Å². The van der Waals surface area contributed by atoms with Crippen LogP contribution in [0, 0.1) is 5.92 Å². The van der Waals surface area contributed by atoms with Gasteiger partial charge in [0.2, 0.25) is 5.91 Å². The first-order valence-electron chi connectivity index (χ1n) is 11.0. The Morgan fingerprint density at radius 2 is 1.63 bits per heavy atom. The molecule has 1 aromatic heterocycles. The van der Waals surface area contributed by atoms with Crippen LogP contribution in [0.2, 0.25) is 0 Å². The molecule has 30 heavy (non-hydrogen) atoms. The summed E-state index contributed by atoms with van der Waals surface area (Å²) in [5.41, 5.74) is 1.36. The van der Waals surface area contributed by atoms with Crippen LogP contribution in [0.4, 0.5) is 5.69 Å². The zero-order valence-corrected chi connectivity index (χ0v) is 19.2. The number of sulfone groups is 1. The van der Waals surface area contributed by atoms with Gasteiger partial charge in [0, 0.05) is 19.5 Å². The molecule has 0 unspecified atom stereocenters. The Labute approximate surface area is 178 Å². The van der Waals surface area contributed by atoms with Crippen molar-refractivity contribution in [1.82, 2.24) is 9.13 Å². The van der Waals surface area contributed by atoms with Gasteiger partial charge in [-0.1, -0.05) is 33.1 Å². The summed E-state index contributed by atoms with van der Waals surface area (Å²) in [6.45, 7) is 8.55. The van der Waals surface area contributed by atoms with E-state index in [2.05, 4.69) is 5.32 Å². The average molecular weight is 436 g/mol. The normalized spacial score (nSPS) is 15.8. The van der Waals surface area contributed by atoms with Crippen molar-refractivity contribution in [3.05, 3.63) is 22.6 Å². The second kappa shape index (κ2) is 8.96. The van der Waals surface area contributed by atoms with Crippen LogP contribution in [-0.4, -0.2) is 28.7 Å². The molecule has 0 bridgehead atoms. The van der Waals surface area contributed by atoms with E-state index in [1.807, 2.05) is 27.7 Å². The van der Waals surface area contributed by atoms with E-state index >= 15 is 0 Å². The highest BCUT2D eigenvalue weighted by molar-refractivity contribution is 7.92. The number of fused-ring (bicyclic) bond motifs is 1. The Bertz CT molecular complexity index is 1090. The first-order chi connectivity index (χ1) is 14.2. The molecule has 166 valence electrons. The van der Waals surface area contributed by atoms with Gasteiger partial charge in [-0.05, 0) is 44.7 Å². The Kier molecular flexibility index (Phi) is 6.75. The van der Waals surface area contributed by atoms with Crippen molar-refractivity contribution in [1.29, 1.82) is 0 Å². The molecule has 0 atom stereocenters. The highest BCUT2D eigenvalue weighted by Crippen LogP contribution is 2.35. The fraction of sp³-hybridized carbons (Fsp3) is 0.636. The lowest BCUT2D eigenvalue weighted by molar-refractivity contribution is -0.116. The Morgan fingerprint density at radius 3 is 2.17 bits per heavy atom. The third kappa shape index (κ3) is 4.19. The number of imidazole rings is 1. The fourth-order valence-corrected chi connectivity index (χ4v) is 6.42. The van der Waals surface area contributed by atoms with Gasteiger partial charge in [-0.25, -0.2) is 13.2 Å². The van der Waals surface area contributed by atoms with Crippen LogP contribution in [-0.2, 0) is 27.7 Å². The summed E-state index contributed by atoms with van der Waals surface area (Å²) in [7, 11) is -3.63. The van der Waals surface area contributed by atoms with E-state index in [0.717, 1.165) is 19.3 Å². The molecule has 0 saturated heterocycles. The summed E-state index contributed by atoms with van der Waals surface area (Å²) in [5, 5.41) is 2.39. The summed E-state index contributed by atoms with van der Waals surface area (Å²) in [6.07, 6.45) is 4.42. The van der Waals surface area contributed by atoms with Gasteiger partial charge in [0.1, 0.15) is 0 Å². The molecule has 0 radical (unpaired) electrons. The number of hydrogen-bond donors (Lipinski definition) is 1. The topological polar surface area (TPSA) is 90.2 Å². The first-order valence-corrected chi connectivity index (χ1v) is 12.6. The molecule has 1 saturated carbocycles. The van der Waals surface area contributed by atoms with Crippen LogP contribution >= 0.6 is 0 Å². The van der Waals surface area contributed by atoms with Gasteiger partial charge >= 0.3 is 5.69 Å². The number of amides is 1. The summed E-state index contributed by atoms with van der Waals surface area (Å²) < 4.78 is 30.4. The standard InChI is InChI=1S/C22H33N3O4S/c1-5-24-18-13-17(23-21(26)12-15(3)4)20(14-19(18)25(6-2)22(24)27)30(28,29)16-10-8-7-9-11-16/h13-16H,5-12H2,1-4H3,(H,23,26). The van der Waals surface area contributed by atoms with E-state index in [0.29, 0.717) is 43.4 Å². The van der Waals surface area contributed by atoms with E-state index in [9.17, 15) is 18.0 Å². The van der Waals surface area contributed by atoms with Crippen LogP contribution in [0.5, 0.6) is 0 Å². The maximum atomic E-state index is 13.6. The molecular weight excluding hydrogens is 402 g/mol. The smallest absolute Gasteiger partial charge is 0.325 e. The van der Waals surface area contributed by atoms with E-state index in [1.54, 1.807) is 21.3 Å². The number of carbonyl (C=O) groups excluding carboxylic acids is 1. The Balaban J connectivity index is 2.22. The number of aryl methyl sites for hydroxylation is 2. The minimum absolute atomic E-state index is 0.134. The zero-order chi connectivity index (χ0) is 22.1. The Hall–Kier alpha value is -2.09. The van der Waals surface area contributed by atoms with Crippen molar-refractivity contribution in [3.63, 3.8) is 0 Å². The zero-order valence-electron chi connectivity index (χ0n) is 18.4. The second-order valence-corrected chi connectivity index (χ2v) is 10.8. The van der Waals surface area contributed by atoms with Crippen LogP contribution in [0.25, 0.3) is 11.0 Å². The molecule has 1 aliphatic carbocycles. The van der Waals surface area contributed by atoms with E-state index in [1.165, 1.54) is 0 Å². The number of anilines is 1. The molecule has 8 heteroatoms. The van der Waals surface area contributed by atoms with Crippen LogP contribution in [0.1, 0.15) is 66.2 Å². The lowest BCUT2D eigenvalue weighted by Gasteiger charge is -2.23. The molecule has 1 aliphatic rings. The molecule has 1 heterocycles. The van der Waals surface area contributed by atoms with Crippen LogP contribution in [0.3, 0.4) is 0 Å². The number of nitrogens with zero attached hydrogens (tertiary/aromatic N) is 2. The van der Waals surface area contributed by atoms with Crippen LogP contribution in [0.15, 0.2) is 21.8 Å². The van der Waals surface area contributed by atoms with Gasteiger partial charge in [0.25, 0.3) is 0 Å². The van der Waals surface area contributed by atoms with Gasteiger partial charge in [-0.3, -0.25) is 13.9 Å². The van der Waals surface area contributed by atoms with Gasteiger partial charge in [-0.2, -0.15) is 0 Å². The first kappa shape index (κ1) is 22.6. The summed E-state index contributed by atoms with van der Waals surface area (Å²) in [4.78, 5) is 25.4. The van der Waals surface area contributed by atoms with Crippen molar-refractivity contribution in [2.24, 2.45) is 5.92 Å². The fourth-order valence-electron chi connectivity index (χ4n) is 4.41. The monoisotopic (exact) mass is 435 g/mol. The minimum Gasteiger partial charge on any atom is -0.325 e. The number of aromatic nitrogens is 2. The lowest BCUT2D eigenvalue weighted by Crippen LogP contribution is -2.26. The van der Waals surface area contributed by atoms with E-state index in [4.69, 9.17) is 0 Å². The van der Waals surface area contributed by atoms with Gasteiger partial charge in [0.15, 0.2) is 9.84 Å². The molecule has 3 rings (SSSR count). The quantitative estimate of drug-likeness (QED) is 0.713. The van der Waals surface area contributed by atoms with Crippen LogP contribution < -0.4 is 11.0 Å². The molecule has 2 aromatic rings. The molecule has 7 nitrogen and oxygen atoms in total. The lowest BCUT2D eigenvalue weighted by atomic mass is 10.0. The maximum Gasteiger partial charge on any atom is 0.329 e. The molecule has 1 amide bonds. The highest BCUT2D eigenvalue weighted by Gasteiger charge is 2.32. The number of hydrogen-bond acceptors (Lipinski definition) is 4. The largest absolute Gasteiger partial charge is 0.329 e. The van der Waals surface area contributed by atoms with E-state index in [-0.39, 0.29) is 28.1 Å². The molecule has 0 spiro atoms. The SMILES string of the molecule is CCn1c(=O)n(CC)c2cc(S(=O)(=O)C3CCCCC3)c(NC(=O)CC(C)C)cc21. The van der Waals surface area contributed by atoms with Crippen molar-refractivity contribution in [2.45, 2.75) is 89.5 Å². The van der Waals surface area contributed by atoms with Crippen molar-refractivity contribution < 1.29 is 13.2 Å². The predicted octanol–water partition coefficient (Wildman–Crippen LogP) is 3.93. The summed E-state index contributed by atoms with van der Waals surface area (Å²) in [6, 6.07) is 3.27. The van der Waals surface area contributed by atoms with Crippen molar-refractivity contribution in [2.75, 3.05) is 5.32 Å². The number of carbonyl (C=O) groups is 1. The Morgan fingerprint density at radius 1 is 1.07 bits per heavy atom. The predicted molar refractivity (Wildman–Crippen MR) is 120 cm³/mol. The van der Waals surface area contributed by atoms with Gasteiger partial charge in [-0.15, -0.1) is 0 Å². The number of rotatable bonds is 7. The number of nitrogens with one attached hydrogen (secondary N) is 1. The second-order valence-electron chi connectivity index (χ2n) is 8.56. The maximum absolute atomic E-state index is 13.6. The third-order valence-corrected chi connectivity index (χ3v) is 8.22.